The van der Waals surface area contributed by atoms with E-state index in [0.717, 1.165) is 16.8 Å². The highest BCUT2D eigenvalue weighted by Crippen LogP contribution is 2.17. The van der Waals surface area contributed by atoms with E-state index in [1.165, 1.54) is 11.9 Å². The second kappa shape index (κ2) is 8.03. The van der Waals surface area contributed by atoms with Crippen LogP contribution in [0.5, 0.6) is 0 Å². The molecule has 0 bridgehead atoms. The number of anilines is 1. The summed E-state index contributed by atoms with van der Waals surface area (Å²) in [5.41, 5.74) is 2.79. The summed E-state index contributed by atoms with van der Waals surface area (Å²) in [6.07, 6.45) is -3.74. The number of urea groups is 1. The molecule has 124 valence electrons. The van der Waals surface area contributed by atoms with Crippen molar-refractivity contribution in [3.8, 4) is 0 Å². The molecule has 0 aliphatic rings. The zero-order valence-electron chi connectivity index (χ0n) is 13.0. The monoisotopic (exact) mass is 317 g/mol. The van der Waals surface area contributed by atoms with Gasteiger partial charge in [-0.2, -0.15) is 13.2 Å². The molecule has 0 aliphatic carbocycles. The maximum atomic E-state index is 12.1. The average molecular weight is 317 g/mol. The first-order valence-electron chi connectivity index (χ1n) is 7.05. The summed E-state index contributed by atoms with van der Waals surface area (Å²) < 4.78 is 36.4. The van der Waals surface area contributed by atoms with Gasteiger partial charge in [-0.05, 0) is 51.1 Å². The zero-order valence-corrected chi connectivity index (χ0v) is 13.0. The molecule has 2 N–H and O–H groups in total. The molecule has 2 amide bonds. The van der Waals surface area contributed by atoms with Gasteiger partial charge < -0.3 is 10.6 Å². The lowest BCUT2D eigenvalue weighted by Gasteiger charge is -2.18. The van der Waals surface area contributed by atoms with Crippen molar-refractivity contribution in [1.82, 2.24) is 10.2 Å². The minimum absolute atomic E-state index is 0.267. The molecule has 22 heavy (non-hydrogen) atoms. The second-order valence-electron chi connectivity index (χ2n) is 5.33. The van der Waals surface area contributed by atoms with Crippen LogP contribution in [-0.4, -0.2) is 43.8 Å². The number of hydrogen-bond donors (Lipinski definition) is 2. The summed E-state index contributed by atoms with van der Waals surface area (Å²) in [6.45, 7) is 3.51. The Bertz CT molecular complexity index is 503. The van der Waals surface area contributed by atoms with E-state index < -0.39 is 12.7 Å². The van der Waals surface area contributed by atoms with Crippen LogP contribution in [0.1, 0.15) is 17.5 Å². The van der Waals surface area contributed by atoms with Gasteiger partial charge in [-0.25, -0.2) is 4.79 Å². The molecule has 0 atom stereocenters. The predicted octanol–water partition coefficient (Wildman–Crippen LogP) is 3.31. The molecule has 0 aromatic heterocycles. The molecule has 7 heteroatoms. The number of alkyl halides is 3. The Kier molecular flexibility index (Phi) is 6.67. The first kappa shape index (κ1) is 18.3. The lowest BCUT2D eigenvalue weighted by molar-refractivity contribution is -0.143. The molecule has 1 aromatic rings. The van der Waals surface area contributed by atoms with Crippen molar-refractivity contribution in [3.63, 3.8) is 0 Å². The van der Waals surface area contributed by atoms with E-state index in [1.807, 2.05) is 26.0 Å². The SMILES string of the molecule is Cc1cccc(NC(=O)NCCCN(C)CC(F)(F)F)c1C. The van der Waals surface area contributed by atoms with E-state index in [9.17, 15) is 18.0 Å². The molecule has 4 nitrogen and oxygen atoms in total. The Balaban J connectivity index is 2.28. The quantitative estimate of drug-likeness (QED) is 0.791. The Morgan fingerprint density at radius 3 is 2.59 bits per heavy atom. The number of nitrogens with zero attached hydrogens (tertiary/aromatic N) is 1. The topological polar surface area (TPSA) is 44.4 Å². The van der Waals surface area contributed by atoms with E-state index in [2.05, 4.69) is 10.6 Å². The highest BCUT2D eigenvalue weighted by atomic mass is 19.4. The van der Waals surface area contributed by atoms with Gasteiger partial charge in [-0.1, -0.05) is 12.1 Å². The molecular weight excluding hydrogens is 295 g/mol. The second-order valence-corrected chi connectivity index (χ2v) is 5.33. The lowest BCUT2D eigenvalue weighted by atomic mass is 10.1. The highest BCUT2D eigenvalue weighted by molar-refractivity contribution is 5.90. The average Bonchev–Trinajstić information content (AvgIpc) is 2.38. The minimum atomic E-state index is -4.19. The van der Waals surface area contributed by atoms with Gasteiger partial charge in [0.1, 0.15) is 0 Å². The van der Waals surface area contributed by atoms with Crippen molar-refractivity contribution in [2.75, 3.05) is 32.0 Å². The van der Waals surface area contributed by atoms with Crippen LogP contribution in [0.15, 0.2) is 18.2 Å². The van der Waals surface area contributed by atoms with Crippen LogP contribution in [0, 0.1) is 13.8 Å². The van der Waals surface area contributed by atoms with Crippen LogP contribution in [0.3, 0.4) is 0 Å². The maximum absolute atomic E-state index is 12.1. The van der Waals surface area contributed by atoms with Crippen molar-refractivity contribution < 1.29 is 18.0 Å². The molecule has 0 fully saturated rings. The number of amides is 2. The Hall–Kier alpha value is -1.76. The molecule has 0 radical (unpaired) electrons. The molecule has 0 unspecified atom stereocenters. The van der Waals surface area contributed by atoms with E-state index in [1.54, 1.807) is 6.07 Å². The van der Waals surface area contributed by atoms with Gasteiger partial charge in [0, 0.05) is 12.2 Å². The standard InChI is InChI=1S/C15H22F3N3O/c1-11-6-4-7-13(12(11)2)20-14(22)19-8-5-9-21(3)10-15(16,17)18/h4,6-7H,5,8-10H2,1-3H3,(H2,19,20,22). The lowest BCUT2D eigenvalue weighted by Crippen LogP contribution is -2.35. The van der Waals surface area contributed by atoms with Crippen molar-refractivity contribution in [3.05, 3.63) is 29.3 Å². The number of rotatable bonds is 6. The Labute approximate surface area is 128 Å². The van der Waals surface area contributed by atoms with E-state index in [0.29, 0.717) is 13.0 Å². The van der Waals surface area contributed by atoms with Crippen LogP contribution in [0.25, 0.3) is 0 Å². The third-order valence-electron chi connectivity index (χ3n) is 3.30. The van der Waals surface area contributed by atoms with Gasteiger partial charge in [0.15, 0.2) is 0 Å². The molecule has 0 heterocycles. The summed E-state index contributed by atoms with van der Waals surface area (Å²) in [6, 6.07) is 5.25. The van der Waals surface area contributed by atoms with Crippen molar-refractivity contribution in [2.45, 2.75) is 26.4 Å². The summed E-state index contributed by atoms with van der Waals surface area (Å²) in [5, 5.41) is 5.37. The van der Waals surface area contributed by atoms with Crippen LogP contribution in [-0.2, 0) is 0 Å². The predicted molar refractivity (Wildman–Crippen MR) is 81.1 cm³/mol. The number of aryl methyl sites for hydroxylation is 1. The minimum Gasteiger partial charge on any atom is -0.338 e. The van der Waals surface area contributed by atoms with Crippen LogP contribution in [0.2, 0.25) is 0 Å². The first-order chi connectivity index (χ1) is 10.2. The summed E-state index contributed by atoms with van der Waals surface area (Å²) >= 11 is 0. The normalized spacial score (nSPS) is 11.6. The maximum Gasteiger partial charge on any atom is 0.401 e. The molecule has 0 aliphatic heterocycles. The van der Waals surface area contributed by atoms with Gasteiger partial charge in [0.05, 0.1) is 6.54 Å². The smallest absolute Gasteiger partial charge is 0.338 e. The fourth-order valence-electron chi connectivity index (χ4n) is 1.99. The molecule has 1 aromatic carbocycles. The van der Waals surface area contributed by atoms with Crippen LogP contribution < -0.4 is 10.6 Å². The molecule has 0 saturated carbocycles. The largest absolute Gasteiger partial charge is 0.401 e. The Morgan fingerprint density at radius 2 is 1.95 bits per heavy atom. The van der Waals surface area contributed by atoms with Gasteiger partial charge >= 0.3 is 12.2 Å². The number of halogens is 3. The van der Waals surface area contributed by atoms with Gasteiger partial charge in [-0.3, -0.25) is 4.90 Å². The fraction of sp³-hybridized carbons (Fsp3) is 0.533. The van der Waals surface area contributed by atoms with Gasteiger partial charge in [0.25, 0.3) is 0 Å². The van der Waals surface area contributed by atoms with E-state index in [4.69, 9.17) is 0 Å². The summed E-state index contributed by atoms with van der Waals surface area (Å²) in [5.74, 6) is 0. The molecule has 1 rings (SSSR count). The van der Waals surface area contributed by atoms with Crippen molar-refractivity contribution in [2.24, 2.45) is 0 Å². The van der Waals surface area contributed by atoms with Crippen molar-refractivity contribution in [1.29, 1.82) is 0 Å². The number of nitrogens with one attached hydrogen (secondary N) is 2. The number of benzene rings is 1. The van der Waals surface area contributed by atoms with Gasteiger partial charge in [0.2, 0.25) is 0 Å². The van der Waals surface area contributed by atoms with Gasteiger partial charge in [-0.15, -0.1) is 0 Å². The van der Waals surface area contributed by atoms with Crippen LogP contribution in [0.4, 0.5) is 23.7 Å². The molecule has 0 saturated heterocycles. The number of carbonyl (C=O) groups is 1. The highest BCUT2D eigenvalue weighted by Gasteiger charge is 2.28. The fourth-order valence-corrected chi connectivity index (χ4v) is 1.99. The molecule has 0 spiro atoms. The number of carbonyl (C=O) groups excluding carboxylic acids is 1. The third kappa shape index (κ3) is 6.80. The molecular formula is C15H22F3N3O. The number of hydrogen-bond acceptors (Lipinski definition) is 2. The summed E-state index contributed by atoms with van der Waals surface area (Å²) in [7, 11) is 1.41. The first-order valence-corrected chi connectivity index (χ1v) is 7.05. The van der Waals surface area contributed by atoms with Crippen molar-refractivity contribution >= 4 is 11.7 Å². The zero-order chi connectivity index (χ0) is 16.8. The third-order valence-corrected chi connectivity index (χ3v) is 3.30. The van der Waals surface area contributed by atoms with Crippen LogP contribution >= 0.6 is 0 Å². The van der Waals surface area contributed by atoms with E-state index in [-0.39, 0.29) is 12.6 Å². The van der Waals surface area contributed by atoms with E-state index >= 15 is 0 Å². The summed E-state index contributed by atoms with van der Waals surface area (Å²) in [4.78, 5) is 12.9. The Morgan fingerprint density at radius 1 is 1.27 bits per heavy atom.